The van der Waals surface area contributed by atoms with Crippen molar-refractivity contribution >= 4 is 55.8 Å². The number of anilines is 1. The lowest BCUT2D eigenvalue weighted by Gasteiger charge is -2.34. The van der Waals surface area contributed by atoms with Crippen molar-refractivity contribution in [1.82, 2.24) is 9.88 Å². The van der Waals surface area contributed by atoms with E-state index in [-0.39, 0.29) is 5.91 Å². The zero-order valence-corrected chi connectivity index (χ0v) is 18.1. The van der Waals surface area contributed by atoms with E-state index in [4.69, 9.17) is 32.9 Å². The van der Waals surface area contributed by atoms with Gasteiger partial charge in [0, 0.05) is 42.6 Å². The third-order valence-electron chi connectivity index (χ3n) is 4.86. The number of fused-ring (bicyclic) bond motifs is 1. The number of carbonyl (C=O) groups is 1. The molecule has 0 N–H and O–H groups in total. The SMILES string of the molecule is O=C(CCCOc1ccc(Cl)cc1)N1CCN(c2nc3ccc(Cl)cc3s2)CC1. The summed E-state index contributed by atoms with van der Waals surface area (Å²) in [6.45, 7) is 3.53. The van der Waals surface area contributed by atoms with Gasteiger partial charge in [-0.25, -0.2) is 4.98 Å². The Morgan fingerprint density at radius 2 is 1.76 bits per heavy atom. The van der Waals surface area contributed by atoms with E-state index in [0.29, 0.717) is 37.6 Å². The van der Waals surface area contributed by atoms with Crippen molar-refractivity contribution in [1.29, 1.82) is 0 Å². The number of nitrogens with zero attached hydrogens (tertiary/aromatic N) is 3. The zero-order valence-electron chi connectivity index (χ0n) is 15.8. The maximum absolute atomic E-state index is 12.5. The number of benzene rings is 2. The Morgan fingerprint density at radius 3 is 2.52 bits per heavy atom. The highest BCUT2D eigenvalue weighted by Crippen LogP contribution is 2.31. The van der Waals surface area contributed by atoms with E-state index in [1.54, 1.807) is 23.5 Å². The molecule has 1 saturated heterocycles. The second-order valence-corrected chi connectivity index (χ2v) is 8.76. The van der Waals surface area contributed by atoms with E-state index in [0.717, 1.165) is 39.2 Å². The van der Waals surface area contributed by atoms with E-state index in [1.165, 1.54) is 0 Å². The second-order valence-electron chi connectivity index (χ2n) is 6.88. The standard InChI is InChI=1S/C21H21Cl2N3O2S/c22-15-3-6-17(7-4-15)28-13-1-2-20(27)25-9-11-26(12-10-25)21-24-18-8-5-16(23)14-19(18)29-21/h3-8,14H,1-2,9-13H2. The quantitative estimate of drug-likeness (QED) is 0.490. The minimum absolute atomic E-state index is 0.181. The van der Waals surface area contributed by atoms with Crippen molar-refractivity contribution in [2.24, 2.45) is 0 Å². The number of carbonyl (C=O) groups excluding carboxylic acids is 1. The number of halogens is 2. The Bertz CT molecular complexity index is 985. The molecule has 29 heavy (non-hydrogen) atoms. The van der Waals surface area contributed by atoms with Gasteiger partial charge in [0.15, 0.2) is 5.13 Å². The Kier molecular flexibility index (Phi) is 6.43. The number of piperazine rings is 1. The first kappa shape index (κ1) is 20.3. The molecule has 3 aromatic rings. The van der Waals surface area contributed by atoms with Crippen LogP contribution < -0.4 is 9.64 Å². The van der Waals surface area contributed by atoms with Gasteiger partial charge in [0.05, 0.1) is 16.8 Å². The molecule has 2 aromatic carbocycles. The summed E-state index contributed by atoms with van der Waals surface area (Å²) in [5.74, 6) is 0.952. The molecule has 152 valence electrons. The summed E-state index contributed by atoms with van der Waals surface area (Å²) in [7, 11) is 0. The van der Waals surface area contributed by atoms with Crippen LogP contribution in [0.25, 0.3) is 10.2 Å². The van der Waals surface area contributed by atoms with Gasteiger partial charge in [-0.1, -0.05) is 34.5 Å². The smallest absolute Gasteiger partial charge is 0.222 e. The van der Waals surface area contributed by atoms with Gasteiger partial charge in [0.1, 0.15) is 5.75 Å². The molecule has 1 aliphatic heterocycles. The highest BCUT2D eigenvalue weighted by Gasteiger charge is 2.22. The van der Waals surface area contributed by atoms with Gasteiger partial charge in [-0.2, -0.15) is 0 Å². The number of hydrogen-bond acceptors (Lipinski definition) is 5. The lowest BCUT2D eigenvalue weighted by molar-refractivity contribution is -0.131. The average Bonchev–Trinajstić information content (AvgIpc) is 3.15. The number of amides is 1. The Labute approximate surface area is 183 Å². The van der Waals surface area contributed by atoms with Crippen molar-refractivity contribution in [3.8, 4) is 5.75 Å². The summed E-state index contributed by atoms with van der Waals surface area (Å²) in [5, 5.41) is 2.40. The molecule has 0 atom stereocenters. The second kappa shape index (κ2) is 9.20. The minimum Gasteiger partial charge on any atom is -0.494 e. The molecule has 1 aliphatic rings. The van der Waals surface area contributed by atoms with Gasteiger partial charge < -0.3 is 14.5 Å². The number of ether oxygens (including phenoxy) is 1. The highest BCUT2D eigenvalue weighted by atomic mass is 35.5. The molecule has 0 spiro atoms. The van der Waals surface area contributed by atoms with Crippen LogP contribution in [-0.4, -0.2) is 48.6 Å². The molecule has 8 heteroatoms. The molecule has 0 bridgehead atoms. The maximum Gasteiger partial charge on any atom is 0.222 e. The molecule has 0 radical (unpaired) electrons. The Balaban J connectivity index is 1.22. The van der Waals surface area contributed by atoms with Crippen LogP contribution in [-0.2, 0) is 4.79 Å². The van der Waals surface area contributed by atoms with Crippen molar-refractivity contribution < 1.29 is 9.53 Å². The third-order valence-corrected chi connectivity index (χ3v) is 6.43. The van der Waals surface area contributed by atoms with Crippen LogP contribution in [0.1, 0.15) is 12.8 Å². The molecule has 0 unspecified atom stereocenters. The maximum atomic E-state index is 12.5. The van der Waals surface area contributed by atoms with E-state index < -0.39 is 0 Å². The Hall–Kier alpha value is -2.02. The normalized spacial score (nSPS) is 14.4. The molecule has 1 aromatic heterocycles. The van der Waals surface area contributed by atoms with Crippen LogP contribution in [0.5, 0.6) is 5.75 Å². The number of thiazole rings is 1. The van der Waals surface area contributed by atoms with Gasteiger partial charge in [0.2, 0.25) is 5.91 Å². The first-order valence-electron chi connectivity index (χ1n) is 9.56. The van der Waals surface area contributed by atoms with Gasteiger partial charge in [0.25, 0.3) is 0 Å². The summed E-state index contributed by atoms with van der Waals surface area (Å²) < 4.78 is 6.75. The van der Waals surface area contributed by atoms with Crippen LogP contribution in [0.2, 0.25) is 10.0 Å². The van der Waals surface area contributed by atoms with E-state index in [9.17, 15) is 4.79 Å². The summed E-state index contributed by atoms with van der Waals surface area (Å²) in [4.78, 5) is 21.4. The molecule has 2 heterocycles. The molecule has 1 fully saturated rings. The summed E-state index contributed by atoms with van der Waals surface area (Å²) in [6, 6.07) is 13.0. The molecular weight excluding hydrogens is 429 g/mol. The lowest BCUT2D eigenvalue weighted by atomic mass is 10.2. The third kappa shape index (κ3) is 5.13. The fourth-order valence-corrected chi connectivity index (χ4v) is 4.69. The molecule has 0 aliphatic carbocycles. The summed E-state index contributed by atoms with van der Waals surface area (Å²) in [5.41, 5.74) is 0.966. The summed E-state index contributed by atoms with van der Waals surface area (Å²) in [6.07, 6.45) is 1.19. The minimum atomic E-state index is 0.181. The lowest BCUT2D eigenvalue weighted by Crippen LogP contribution is -2.48. The number of rotatable bonds is 6. The van der Waals surface area contributed by atoms with Gasteiger partial charge in [-0.3, -0.25) is 4.79 Å². The summed E-state index contributed by atoms with van der Waals surface area (Å²) >= 11 is 13.6. The monoisotopic (exact) mass is 449 g/mol. The largest absolute Gasteiger partial charge is 0.494 e. The van der Waals surface area contributed by atoms with Crippen LogP contribution in [0.4, 0.5) is 5.13 Å². The van der Waals surface area contributed by atoms with Crippen molar-refractivity contribution in [2.75, 3.05) is 37.7 Å². The van der Waals surface area contributed by atoms with Crippen molar-refractivity contribution in [3.05, 3.63) is 52.5 Å². The molecule has 5 nitrogen and oxygen atoms in total. The van der Waals surface area contributed by atoms with Crippen molar-refractivity contribution in [3.63, 3.8) is 0 Å². The average molecular weight is 450 g/mol. The predicted octanol–water partition coefficient (Wildman–Crippen LogP) is 5.11. The Morgan fingerprint density at radius 1 is 1.03 bits per heavy atom. The van der Waals surface area contributed by atoms with Crippen LogP contribution in [0, 0.1) is 0 Å². The highest BCUT2D eigenvalue weighted by molar-refractivity contribution is 7.22. The van der Waals surface area contributed by atoms with Crippen LogP contribution in [0.3, 0.4) is 0 Å². The fraction of sp³-hybridized carbons (Fsp3) is 0.333. The topological polar surface area (TPSA) is 45.7 Å². The number of hydrogen-bond donors (Lipinski definition) is 0. The van der Waals surface area contributed by atoms with E-state index in [1.807, 2.05) is 35.2 Å². The molecule has 1 amide bonds. The zero-order chi connectivity index (χ0) is 20.2. The number of aromatic nitrogens is 1. The van der Waals surface area contributed by atoms with E-state index in [2.05, 4.69) is 4.90 Å². The molecule has 0 saturated carbocycles. The predicted molar refractivity (Wildman–Crippen MR) is 120 cm³/mol. The van der Waals surface area contributed by atoms with Crippen LogP contribution in [0.15, 0.2) is 42.5 Å². The first-order chi connectivity index (χ1) is 14.1. The first-order valence-corrected chi connectivity index (χ1v) is 11.1. The van der Waals surface area contributed by atoms with Crippen molar-refractivity contribution in [2.45, 2.75) is 12.8 Å². The molecule has 4 rings (SSSR count). The fourth-order valence-electron chi connectivity index (χ4n) is 3.27. The van der Waals surface area contributed by atoms with Gasteiger partial charge in [-0.15, -0.1) is 0 Å². The van der Waals surface area contributed by atoms with Gasteiger partial charge >= 0.3 is 0 Å². The molecular formula is C21H21Cl2N3O2S. The van der Waals surface area contributed by atoms with Crippen LogP contribution >= 0.6 is 34.5 Å². The van der Waals surface area contributed by atoms with Gasteiger partial charge in [-0.05, 0) is 48.9 Å². The van der Waals surface area contributed by atoms with E-state index >= 15 is 0 Å².